The number of rotatable bonds is 1. The maximum atomic E-state index is 10.9. The zero-order valence-electron chi connectivity index (χ0n) is 6.20. The van der Waals surface area contributed by atoms with Crippen LogP contribution in [-0.2, 0) is 9.53 Å². The molecule has 0 spiro atoms. The van der Waals surface area contributed by atoms with Crippen LogP contribution in [0.4, 0.5) is 0 Å². The molecule has 0 saturated heterocycles. The van der Waals surface area contributed by atoms with E-state index in [1.54, 1.807) is 30.4 Å². The van der Waals surface area contributed by atoms with Crippen molar-refractivity contribution in [2.24, 2.45) is 0 Å². The zero-order chi connectivity index (χ0) is 8.10. The van der Waals surface area contributed by atoms with Crippen LogP contribution in [-0.4, -0.2) is 13.1 Å². The van der Waals surface area contributed by atoms with Gasteiger partial charge < -0.3 is 4.74 Å². The molecule has 0 heterocycles. The zero-order valence-corrected chi connectivity index (χ0v) is 6.20. The molecule has 0 radical (unpaired) electrons. The molecule has 2 heteroatoms. The van der Waals surface area contributed by atoms with E-state index in [1.165, 1.54) is 7.11 Å². The van der Waals surface area contributed by atoms with Crippen LogP contribution in [0.2, 0.25) is 0 Å². The number of hydrogen-bond acceptors (Lipinski definition) is 2. The predicted molar refractivity (Wildman–Crippen MR) is 41.9 cm³/mol. The van der Waals surface area contributed by atoms with Gasteiger partial charge in [-0.2, -0.15) is 0 Å². The van der Waals surface area contributed by atoms with Gasteiger partial charge in [0.05, 0.1) is 12.7 Å². The monoisotopic (exact) mass is 148 g/mol. The average Bonchev–Trinajstić information content (AvgIpc) is 2.30. The molecular weight excluding hydrogens is 140 g/mol. The highest BCUT2D eigenvalue weighted by molar-refractivity contribution is 5.91. The Hall–Kier alpha value is -1.53. The van der Waals surface area contributed by atoms with Gasteiger partial charge in [0.25, 0.3) is 0 Å². The van der Waals surface area contributed by atoms with Gasteiger partial charge in [0, 0.05) is 0 Å². The molecule has 0 bridgehead atoms. The summed E-state index contributed by atoms with van der Waals surface area (Å²) in [5, 5.41) is 0. The fourth-order valence-electron chi connectivity index (χ4n) is 0.710. The molecule has 0 aromatic carbocycles. The number of hydrogen-bond donors (Lipinski definition) is 0. The molecule has 0 fully saturated rings. The third-order valence-corrected chi connectivity index (χ3v) is 1.25. The van der Waals surface area contributed by atoms with Gasteiger partial charge in [-0.3, -0.25) is 0 Å². The van der Waals surface area contributed by atoms with Gasteiger partial charge in [-0.05, 0) is 24.3 Å². The van der Waals surface area contributed by atoms with E-state index in [2.05, 4.69) is 10.5 Å². The highest BCUT2D eigenvalue weighted by atomic mass is 16.5. The predicted octanol–water partition coefficient (Wildman–Crippen LogP) is 1.37. The first-order valence-corrected chi connectivity index (χ1v) is 3.22. The maximum Gasteiger partial charge on any atom is 0.337 e. The first-order valence-electron chi connectivity index (χ1n) is 3.22. The van der Waals surface area contributed by atoms with Gasteiger partial charge in [-0.15, -0.1) is 5.73 Å². The lowest BCUT2D eigenvalue weighted by atomic mass is 10.2. The van der Waals surface area contributed by atoms with Crippen molar-refractivity contribution in [2.75, 3.05) is 7.11 Å². The Morgan fingerprint density at radius 2 is 2.36 bits per heavy atom. The minimum atomic E-state index is -0.324. The Morgan fingerprint density at radius 3 is 3.09 bits per heavy atom. The number of carbonyl (C=O) groups is 1. The molecule has 0 unspecified atom stereocenters. The Morgan fingerprint density at radius 1 is 1.55 bits per heavy atom. The molecule has 0 amide bonds. The summed E-state index contributed by atoms with van der Waals surface area (Å²) in [7, 11) is 1.36. The van der Waals surface area contributed by atoms with Crippen LogP contribution in [0, 0.1) is 0 Å². The minimum Gasteiger partial charge on any atom is -0.465 e. The van der Waals surface area contributed by atoms with Gasteiger partial charge in [0.15, 0.2) is 0 Å². The molecule has 0 atom stereocenters. The number of allylic oxidation sites excluding steroid dienone is 3. The largest absolute Gasteiger partial charge is 0.465 e. The van der Waals surface area contributed by atoms with Gasteiger partial charge in [-0.1, -0.05) is 6.08 Å². The third-order valence-electron chi connectivity index (χ3n) is 1.25. The number of methoxy groups -OCH3 is 1. The van der Waals surface area contributed by atoms with Crippen molar-refractivity contribution in [1.29, 1.82) is 0 Å². The summed E-state index contributed by atoms with van der Waals surface area (Å²) >= 11 is 0. The summed E-state index contributed by atoms with van der Waals surface area (Å²) in [5.74, 6) is -0.324. The first kappa shape index (κ1) is 7.58. The third kappa shape index (κ3) is 1.95. The summed E-state index contributed by atoms with van der Waals surface area (Å²) < 4.78 is 4.53. The molecule has 2 nitrogen and oxygen atoms in total. The lowest BCUT2D eigenvalue weighted by Gasteiger charge is -1.95. The van der Waals surface area contributed by atoms with Crippen molar-refractivity contribution in [3.05, 3.63) is 41.7 Å². The highest BCUT2D eigenvalue weighted by Gasteiger charge is 2.03. The molecule has 0 aliphatic heterocycles. The van der Waals surface area contributed by atoms with Crippen molar-refractivity contribution in [3.63, 3.8) is 0 Å². The van der Waals surface area contributed by atoms with E-state index in [9.17, 15) is 4.79 Å². The average molecular weight is 148 g/mol. The summed E-state index contributed by atoms with van der Waals surface area (Å²) in [6.45, 7) is 0. The minimum absolute atomic E-state index is 0.324. The summed E-state index contributed by atoms with van der Waals surface area (Å²) in [6, 6.07) is 0. The Balaban J connectivity index is 2.83. The van der Waals surface area contributed by atoms with Crippen molar-refractivity contribution in [1.82, 2.24) is 0 Å². The molecule has 0 N–H and O–H groups in total. The number of esters is 1. The molecular formula is C9H8O2. The van der Waals surface area contributed by atoms with E-state index in [1.807, 2.05) is 0 Å². The second-order valence-corrected chi connectivity index (χ2v) is 1.97. The Kier molecular flexibility index (Phi) is 2.47. The van der Waals surface area contributed by atoms with Crippen LogP contribution in [0.25, 0.3) is 0 Å². The second-order valence-electron chi connectivity index (χ2n) is 1.97. The second kappa shape index (κ2) is 3.59. The van der Waals surface area contributed by atoms with Gasteiger partial charge in [0.2, 0.25) is 0 Å². The van der Waals surface area contributed by atoms with Crippen molar-refractivity contribution < 1.29 is 9.53 Å². The quantitative estimate of drug-likeness (QED) is 0.414. The van der Waals surface area contributed by atoms with E-state index in [4.69, 9.17) is 0 Å². The van der Waals surface area contributed by atoms with Crippen LogP contribution in [0.3, 0.4) is 0 Å². The van der Waals surface area contributed by atoms with Crippen LogP contribution >= 0.6 is 0 Å². The summed E-state index contributed by atoms with van der Waals surface area (Å²) in [6.07, 6.45) is 8.49. The molecule has 0 aromatic heterocycles. The highest BCUT2D eigenvalue weighted by Crippen LogP contribution is 2.02. The summed E-state index contributed by atoms with van der Waals surface area (Å²) in [4.78, 5) is 10.9. The molecule has 1 aliphatic carbocycles. The number of ether oxygens (including phenoxy) is 1. The van der Waals surface area contributed by atoms with E-state index in [0.29, 0.717) is 5.57 Å². The molecule has 0 saturated carbocycles. The topological polar surface area (TPSA) is 26.3 Å². The fraction of sp³-hybridized carbons (Fsp3) is 0.111. The van der Waals surface area contributed by atoms with Crippen LogP contribution in [0.15, 0.2) is 41.7 Å². The smallest absolute Gasteiger partial charge is 0.337 e. The molecule has 1 rings (SSSR count). The van der Waals surface area contributed by atoms with E-state index in [0.717, 1.165) is 0 Å². The van der Waals surface area contributed by atoms with Gasteiger partial charge in [0.1, 0.15) is 0 Å². The SMILES string of the molecule is COC(=O)C1=CC=C=CC=C1. The molecule has 56 valence electrons. The first-order chi connectivity index (χ1) is 5.34. The lowest BCUT2D eigenvalue weighted by Crippen LogP contribution is -2.01. The molecule has 11 heavy (non-hydrogen) atoms. The van der Waals surface area contributed by atoms with E-state index in [-0.39, 0.29) is 5.97 Å². The van der Waals surface area contributed by atoms with Crippen LogP contribution < -0.4 is 0 Å². The number of carbonyl (C=O) groups excluding carboxylic acids is 1. The van der Waals surface area contributed by atoms with E-state index >= 15 is 0 Å². The van der Waals surface area contributed by atoms with Crippen molar-refractivity contribution in [3.8, 4) is 0 Å². The van der Waals surface area contributed by atoms with E-state index < -0.39 is 0 Å². The van der Waals surface area contributed by atoms with Gasteiger partial charge in [-0.25, -0.2) is 4.79 Å². The van der Waals surface area contributed by atoms with Gasteiger partial charge >= 0.3 is 5.97 Å². The standard InChI is InChI=1S/C9H8O2/c1-11-9(10)8-6-4-2-3-5-7-8/h2,4-7H,1H3. The van der Waals surface area contributed by atoms with Crippen molar-refractivity contribution >= 4 is 5.97 Å². The molecule has 0 aromatic rings. The Labute approximate surface area is 65.2 Å². The van der Waals surface area contributed by atoms with Crippen molar-refractivity contribution in [2.45, 2.75) is 0 Å². The fourth-order valence-corrected chi connectivity index (χ4v) is 0.710. The van der Waals surface area contributed by atoms with Crippen LogP contribution in [0.5, 0.6) is 0 Å². The normalized spacial score (nSPS) is 14.1. The maximum absolute atomic E-state index is 10.9. The Bertz CT molecular complexity index is 276. The summed E-state index contributed by atoms with van der Waals surface area (Å²) in [5.41, 5.74) is 3.37. The lowest BCUT2D eigenvalue weighted by molar-refractivity contribution is -0.135. The molecule has 1 aliphatic rings. The van der Waals surface area contributed by atoms with Crippen LogP contribution in [0.1, 0.15) is 0 Å².